The predicted octanol–water partition coefficient (Wildman–Crippen LogP) is 5.57. The molecule has 0 aliphatic carbocycles. The van der Waals surface area contributed by atoms with E-state index in [1.54, 1.807) is 0 Å². The zero-order valence-corrected chi connectivity index (χ0v) is 14.2. The van der Waals surface area contributed by atoms with Gasteiger partial charge in [0.2, 0.25) is 0 Å². The van der Waals surface area contributed by atoms with Crippen molar-refractivity contribution >= 4 is 5.97 Å². The number of carbonyl (C=O) groups is 1. The van der Waals surface area contributed by atoms with Crippen LogP contribution < -0.4 is 0 Å². The van der Waals surface area contributed by atoms with Gasteiger partial charge in [-0.15, -0.1) is 0 Å². The van der Waals surface area contributed by atoms with E-state index >= 15 is 0 Å². The van der Waals surface area contributed by atoms with Gasteiger partial charge in [-0.2, -0.15) is 0 Å². The Balaban J connectivity index is 3.14. The minimum absolute atomic E-state index is 0.613. The smallest absolute Gasteiger partial charge is 0.332 e. The molecule has 0 saturated heterocycles. The molecule has 0 aliphatic heterocycles. The Hall–Kier alpha value is -0.570. The molecule has 0 saturated carbocycles. The number of carboxylic acid groups (broad SMARTS) is 1. The average molecular weight is 300 g/mol. The number of hydrogen-bond acceptors (Lipinski definition) is 2. The van der Waals surface area contributed by atoms with Gasteiger partial charge in [-0.05, 0) is 6.42 Å². The molecule has 0 fully saturated rings. The lowest BCUT2D eigenvalue weighted by atomic mass is 10.0. The summed E-state index contributed by atoms with van der Waals surface area (Å²) in [5, 5.41) is 8.84. The first kappa shape index (κ1) is 20.4. The van der Waals surface area contributed by atoms with Crippen molar-refractivity contribution < 1.29 is 14.6 Å². The van der Waals surface area contributed by atoms with Crippen molar-refractivity contribution in [1.82, 2.24) is 0 Å². The van der Waals surface area contributed by atoms with E-state index in [2.05, 4.69) is 6.92 Å². The lowest BCUT2D eigenvalue weighted by Crippen LogP contribution is -2.21. The van der Waals surface area contributed by atoms with Gasteiger partial charge in [0, 0.05) is 7.11 Å². The Morgan fingerprint density at radius 1 is 0.810 bits per heavy atom. The van der Waals surface area contributed by atoms with Crippen molar-refractivity contribution in [2.24, 2.45) is 0 Å². The van der Waals surface area contributed by atoms with E-state index in [9.17, 15) is 4.79 Å². The van der Waals surface area contributed by atoms with E-state index in [1.807, 2.05) is 0 Å². The molecule has 0 aliphatic rings. The summed E-state index contributed by atoms with van der Waals surface area (Å²) in [6.45, 7) is 2.26. The summed E-state index contributed by atoms with van der Waals surface area (Å²) >= 11 is 0. The number of hydrogen-bond donors (Lipinski definition) is 1. The van der Waals surface area contributed by atoms with Crippen LogP contribution >= 0.6 is 0 Å². The zero-order valence-electron chi connectivity index (χ0n) is 14.2. The van der Waals surface area contributed by atoms with Gasteiger partial charge >= 0.3 is 5.97 Å². The molecule has 1 atom stereocenters. The third-order valence-electron chi connectivity index (χ3n) is 4.13. The normalized spacial score (nSPS) is 12.5. The average Bonchev–Trinajstić information content (AvgIpc) is 2.47. The van der Waals surface area contributed by atoms with Crippen LogP contribution in [-0.4, -0.2) is 24.3 Å². The molecule has 0 aromatic carbocycles. The summed E-state index contributed by atoms with van der Waals surface area (Å²) in [5.74, 6) is -0.837. The second kappa shape index (κ2) is 15.8. The van der Waals surface area contributed by atoms with Crippen LogP contribution in [0.5, 0.6) is 0 Å². The molecule has 0 aromatic heterocycles. The third-order valence-corrected chi connectivity index (χ3v) is 4.13. The second-order valence-corrected chi connectivity index (χ2v) is 6.09. The van der Waals surface area contributed by atoms with Crippen LogP contribution in [0, 0.1) is 0 Å². The summed E-state index contributed by atoms with van der Waals surface area (Å²) in [7, 11) is 1.47. The quantitative estimate of drug-likeness (QED) is 0.379. The maximum absolute atomic E-state index is 10.8. The monoisotopic (exact) mass is 300 g/mol. The molecule has 21 heavy (non-hydrogen) atoms. The van der Waals surface area contributed by atoms with Gasteiger partial charge in [-0.1, -0.05) is 90.4 Å². The lowest BCUT2D eigenvalue weighted by molar-refractivity contribution is -0.148. The minimum atomic E-state index is -0.837. The number of methoxy groups -OCH3 is 1. The fourth-order valence-corrected chi connectivity index (χ4v) is 2.69. The summed E-state index contributed by atoms with van der Waals surface area (Å²) in [6, 6.07) is 0. The molecular weight excluding hydrogens is 264 g/mol. The van der Waals surface area contributed by atoms with Crippen LogP contribution in [0.4, 0.5) is 0 Å². The summed E-state index contributed by atoms with van der Waals surface area (Å²) in [4.78, 5) is 10.8. The number of ether oxygens (including phenoxy) is 1. The molecule has 0 amide bonds. The fourth-order valence-electron chi connectivity index (χ4n) is 2.69. The Bertz CT molecular complexity index is 229. The largest absolute Gasteiger partial charge is 0.479 e. The van der Waals surface area contributed by atoms with E-state index in [0.717, 1.165) is 12.8 Å². The van der Waals surface area contributed by atoms with Crippen LogP contribution in [0.15, 0.2) is 0 Å². The van der Waals surface area contributed by atoms with Gasteiger partial charge < -0.3 is 9.84 Å². The van der Waals surface area contributed by atoms with Gasteiger partial charge in [0.05, 0.1) is 0 Å². The first-order chi connectivity index (χ1) is 10.2. The second-order valence-electron chi connectivity index (χ2n) is 6.09. The van der Waals surface area contributed by atoms with Crippen molar-refractivity contribution in [3.8, 4) is 0 Å². The van der Waals surface area contributed by atoms with Gasteiger partial charge in [0.15, 0.2) is 6.10 Å². The fraction of sp³-hybridized carbons (Fsp3) is 0.944. The summed E-state index contributed by atoms with van der Waals surface area (Å²) in [6.07, 6.45) is 17.1. The van der Waals surface area contributed by atoms with Crippen LogP contribution in [0.3, 0.4) is 0 Å². The number of unbranched alkanes of at least 4 members (excludes halogenated alkanes) is 12. The van der Waals surface area contributed by atoms with E-state index in [0.29, 0.717) is 6.42 Å². The molecule has 0 rings (SSSR count). The molecule has 3 nitrogen and oxygen atoms in total. The molecule has 0 aromatic rings. The minimum Gasteiger partial charge on any atom is -0.479 e. The summed E-state index contributed by atoms with van der Waals surface area (Å²) < 4.78 is 4.92. The zero-order chi connectivity index (χ0) is 15.8. The highest BCUT2D eigenvalue weighted by atomic mass is 16.5. The van der Waals surface area contributed by atoms with Crippen molar-refractivity contribution in [3.05, 3.63) is 0 Å². The topological polar surface area (TPSA) is 46.5 Å². The number of carboxylic acids is 1. The molecule has 0 radical (unpaired) electrons. The maximum Gasteiger partial charge on any atom is 0.332 e. The van der Waals surface area contributed by atoms with Crippen LogP contribution in [0.25, 0.3) is 0 Å². The van der Waals surface area contributed by atoms with E-state index in [1.165, 1.54) is 77.7 Å². The van der Waals surface area contributed by atoms with Gasteiger partial charge in [-0.25, -0.2) is 4.79 Å². The van der Waals surface area contributed by atoms with Crippen molar-refractivity contribution in [3.63, 3.8) is 0 Å². The van der Waals surface area contributed by atoms with Crippen LogP contribution in [0.2, 0.25) is 0 Å². The molecule has 0 bridgehead atoms. The highest BCUT2D eigenvalue weighted by Crippen LogP contribution is 2.13. The van der Waals surface area contributed by atoms with E-state index in [4.69, 9.17) is 9.84 Å². The summed E-state index contributed by atoms with van der Waals surface area (Å²) in [5.41, 5.74) is 0. The Labute approximate surface area is 131 Å². The van der Waals surface area contributed by atoms with Crippen molar-refractivity contribution in [2.45, 2.75) is 103 Å². The first-order valence-corrected chi connectivity index (χ1v) is 8.98. The Kier molecular flexibility index (Phi) is 15.4. The molecule has 0 spiro atoms. The molecular formula is C18H36O3. The molecule has 1 N–H and O–H groups in total. The first-order valence-electron chi connectivity index (χ1n) is 8.98. The highest BCUT2D eigenvalue weighted by Gasteiger charge is 2.14. The Morgan fingerprint density at radius 2 is 1.19 bits per heavy atom. The molecule has 1 unspecified atom stereocenters. The van der Waals surface area contributed by atoms with Crippen LogP contribution in [0.1, 0.15) is 96.8 Å². The van der Waals surface area contributed by atoms with Gasteiger partial charge in [-0.3, -0.25) is 0 Å². The van der Waals surface area contributed by atoms with E-state index < -0.39 is 12.1 Å². The predicted molar refractivity (Wildman–Crippen MR) is 88.7 cm³/mol. The standard InChI is InChI=1S/C18H36O3/c1-3-4-5-6-7-8-9-10-11-12-13-14-15-16-17(21-2)18(19)20/h17H,3-16H2,1-2H3,(H,19,20). The number of aliphatic carboxylic acids is 1. The molecule has 3 heteroatoms. The van der Waals surface area contributed by atoms with E-state index in [-0.39, 0.29) is 0 Å². The van der Waals surface area contributed by atoms with Crippen molar-refractivity contribution in [2.75, 3.05) is 7.11 Å². The molecule has 0 heterocycles. The van der Waals surface area contributed by atoms with Gasteiger partial charge in [0.25, 0.3) is 0 Å². The van der Waals surface area contributed by atoms with Crippen LogP contribution in [-0.2, 0) is 9.53 Å². The molecule has 126 valence electrons. The number of rotatable bonds is 16. The van der Waals surface area contributed by atoms with Crippen molar-refractivity contribution in [1.29, 1.82) is 0 Å². The SMILES string of the molecule is CCCCCCCCCCCCCCCC(OC)C(=O)O. The Morgan fingerprint density at radius 3 is 1.52 bits per heavy atom. The lowest BCUT2D eigenvalue weighted by Gasteiger charge is -2.09. The maximum atomic E-state index is 10.8. The third kappa shape index (κ3) is 14.1. The highest BCUT2D eigenvalue weighted by molar-refractivity contribution is 5.72. The van der Waals surface area contributed by atoms with Gasteiger partial charge in [0.1, 0.15) is 0 Å².